The van der Waals surface area contributed by atoms with Crippen molar-refractivity contribution in [3.05, 3.63) is 53.6 Å². The zero-order valence-electron chi connectivity index (χ0n) is 19.2. The Balaban J connectivity index is 1.69. The third kappa shape index (κ3) is 5.88. The van der Waals surface area contributed by atoms with Crippen molar-refractivity contribution in [2.24, 2.45) is 0 Å². The van der Waals surface area contributed by atoms with Gasteiger partial charge in [-0.2, -0.15) is 4.31 Å². The monoisotopic (exact) mass is 460 g/mol. The molecule has 0 saturated carbocycles. The van der Waals surface area contributed by atoms with Crippen molar-refractivity contribution in [3.8, 4) is 5.75 Å². The SMILES string of the molecule is COc1ccc(S(=O)(=O)N2CCOCC2)cc1NC(=O)CCc1ccc(C(C)(C)C)cc1. The molecule has 1 amide bonds. The van der Waals surface area contributed by atoms with Crippen LogP contribution in [0.5, 0.6) is 5.75 Å². The number of hydrogen-bond acceptors (Lipinski definition) is 5. The molecule has 0 aliphatic carbocycles. The summed E-state index contributed by atoms with van der Waals surface area (Å²) < 4.78 is 37.9. The summed E-state index contributed by atoms with van der Waals surface area (Å²) in [6, 6.07) is 12.8. The van der Waals surface area contributed by atoms with Gasteiger partial charge in [0.2, 0.25) is 15.9 Å². The van der Waals surface area contributed by atoms with E-state index in [0.29, 0.717) is 44.2 Å². The molecule has 0 bridgehead atoms. The molecular weight excluding hydrogens is 428 g/mol. The smallest absolute Gasteiger partial charge is 0.243 e. The highest BCUT2D eigenvalue weighted by molar-refractivity contribution is 7.89. The van der Waals surface area contributed by atoms with Gasteiger partial charge in [0.1, 0.15) is 5.75 Å². The number of rotatable bonds is 7. The number of morpholine rings is 1. The van der Waals surface area contributed by atoms with E-state index in [1.807, 2.05) is 12.1 Å². The molecule has 174 valence electrons. The number of carbonyl (C=O) groups excluding carboxylic acids is 1. The van der Waals surface area contributed by atoms with Crippen molar-refractivity contribution in [1.29, 1.82) is 0 Å². The number of methoxy groups -OCH3 is 1. The van der Waals surface area contributed by atoms with Gasteiger partial charge in [0.15, 0.2) is 0 Å². The summed E-state index contributed by atoms with van der Waals surface area (Å²) in [6.07, 6.45) is 0.864. The van der Waals surface area contributed by atoms with Crippen LogP contribution in [0.1, 0.15) is 38.3 Å². The van der Waals surface area contributed by atoms with Gasteiger partial charge >= 0.3 is 0 Å². The van der Waals surface area contributed by atoms with Crippen molar-refractivity contribution in [2.45, 2.75) is 43.9 Å². The fourth-order valence-corrected chi connectivity index (χ4v) is 4.96. The van der Waals surface area contributed by atoms with Gasteiger partial charge in [-0.3, -0.25) is 4.79 Å². The minimum absolute atomic E-state index is 0.0824. The summed E-state index contributed by atoms with van der Waals surface area (Å²) in [5, 5.41) is 2.81. The van der Waals surface area contributed by atoms with Crippen LogP contribution in [0, 0.1) is 0 Å². The van der Waals surface area contributed by atoms with E-state index < -0.39 is 10.0 Å². The zero-order chi connectivity index (χ0) is 23.4. The first-order valence-electron chi connectivity index (χ1n) is 10.8. The van der Waals surface area contributed by atoms with Crippen LogP contribution in [0.15, 0.2) is 47.4 Å². The third-order valence-electron chi connectivity index (χ3n) is 5.51. The molecule has 3 rings (SSSR count). The van der Waals surface area contributed by atoms with Gasteiger partial charge in [-0.05, 0) is 41.2 Å². The van der Waals surface area contributed by atoms with E-state index >= 15 is 0 Å². The quantitative estimate of drug-likeness (QED) is 0.683. The van der Waals surface area contributed by atoms with E-state index in [1.165, 1.54) is 29.1 Å². The minimum Gasteiger partial charge on any atom is -0.495 e. The maximum Gasteiger partial charge on any atom is 0.243 e. The molecule has 8 heteroatoms. The van der Waals surface area contributed by atoms with Crippen LogP contribution < -0.4 is 10.1 Å². The summed E-state index contributed by atoms with van der Waals surface area (Å²) in [5.74, 6) is 0.206. The van der Waals surface area contributed by atoms with Crippen molar-refractivity contribution in [2.75, 3.05) is 38.7 Å². The Hall–Kier alpha value is -2.42. The molecule has 0 aromatic heterocycles. The van der Waals surface area contributed by atoms with Gasteiger partial charge in [0.25, 0.3) is 0 Å². The Bertz CT molecular complexity index is 1040. The first-order valence-corrected chi connectivity index (χ1v) is 12.2. The van der Waals surface area contributed by atoms with Crippen molar-refractivity contribution >= 4 is 21.6 Å². The Morgan fingerprint density at radius 3 is 2.34 bits per heavy atom. The number of nitrogens with zero attached hydrogens (tertiary/aromatic N) is 1. The van der Waals surface area contributed by atoms with Crippen LogP contribution in [0.25, 0.3) is 0 Å². The van der Waals surface area contributed by atoms with Gasteiger partial charge in [0.05, 0.1) is 30.9 Å². The molecule has 2 aromatic carbocycles. The lowest BCUT2D eigenvalue weighted by molar-refractivity contribution is -0.116. The second-order valence-electron chi connectivity index (χ2n) is 8.87. The van der Waals surface area contributed by atoms with Crippen LogP contribution in [-0.4, -0.2) is 52.0 Å². The molecule has 2 aromatic rings. The fourth-order valence-electron chi connectivity index (χ4n) is 3.52. The molecule has 0 atom stereocenters. The molecule has 0 unspecified atom stereocenters. The van der Waals surface area contributed by atoms with Crippen LogP contribution in [0.4, 0.5) is 5.69 Å². The number of hydrogen-bond donors (Lipinski definition) is 1. The number of aryl methyl sites for hydroxylation is 1. The lowest BCUT2D eigenvalue weighted by Crippen LogP contribution is -2.40. The number of anilines is 1. The van der Waals surface area contributed by atoms with E-state index in [0.717, 1.165) is 5.56 Å². The van der Waals surface area contributed by atoms with Crippen LogP contribution in [-0.2, 0) is 31.4 Å². The molecule has 1 N–H and O–H groups in total. The van der Waals surface area contributed by atoms with Crippen LogP contribution in [0.2, 0.25) is 0 Å². The van der Waals surface area contributed by atoms with Crippen molar-refractivity contribution in [3.63, 3.8) is 0 Å². The molecule has 1 heterocycles. The summed E-state index contributed by atoms with van der Waals surface area (Å²) in [5.41, 5.74) is 2.74. The zero-order valence-corrected chi connectivity index (χ0v) is 20.0. The average molecular weight is 461 g/mol. The standard InChI is InChI=1S/C24H32N2O5S/c1-24(2,3)19-8-5-18(6-9-19)7-12-23(27)25-21-17-20(10-11-22(21)30-4)32(28,29)26-13-15-31-16-14-26/h5-6,8-11,17H,7,12-16H2,1-4H3,(H,25,27). The Morgan fingerprint density at radius 1 is 1.09 bits per heavy atom. The van der Waals surface area contributed by atoms with Gasteiger partial charge in [-0.25, -0.2) is 8.42 Å². The van der Waals surface area contributed by atoms with Gasteiger partial charge < -0.3 is 14.8 Å². The van der Waals surface area contributed by atoms with Gasteiger partial charge in [0, 0.05) is 19.5 Å². The first kappa shape index (κ1) is 24.2. The predicted octanol–water partition coefficient (Wildman–Crippen LogP) is 3.58. The molecule has 1 aliphatic rings. The summed E-state index contributed by atoms with van der Waals surface area (Å²) in [6.45, 7) is 7.85. The van der Waals surface area contributed by atoms with Crippen molar-refractivity contribution in [1.82, 2.24) is 4.31 Å². The summed E-state index contributed by atoms with van der Waals surface area (Å²) >= 11 is 0. The minimum atomic E-state index is -3.67. The number of nitrogens with one attached hydrogen (secondary N) is 1. The Kier molecular flexibility index (Phi) is 7.59. The number of benzene rings is 2. The largest absolute Gasteiger partial charge is 0.495 e. The average Bonchev–Trinajstić information content (AvgIpc) is 2.78. The third-order valence-corrected chi connectivity index (χ3v) is 7.41. The molecule has 1 fully saturated rings. The molecule has 1 aliphatic heterocycles. The highest BCUT2D eigenvalue weighted by atomic mass is 32.2. The number of ether oxygens (including phenoxy) is 2. The lowest BCUT2D eigenvalue weighted by atomic mass is 9.86. The molecule has 1 saturated heterocycles. The number of amides is 1. The van der Waals surface area contributed by atoms with Gasteiger partial charge in [-0.15, -0.1) is 0 Å². The topological polar surface area (TPSA) is 84.9 Å². The molecule has 0 spiro atoms. The van der Waals surface area contributed by atoms with Crippen LogP contribution in [0.3, 0.4) is 0 Å². The van der Waals surface area contributed by atoms with E-state index in [2.05, 4.69) is 38.2 Å². The molecule has 7 nitrogen and oxygen atoms in total. The Morgan fingerprint density at radius 2 is 1.75 bits per heavy atom. The van der Waals surface area contributed by atoms with E-state index in [-0.39, 0.29) is 22.6 Å². The summed E-state index contributed by atoms with van der Waals surface area (Å²) in [4.78, 5) is 12.7. The molecule has 0 radical (unpaired) electrons. The second-order valence-corrected chi connectivity index (χ2v) is 10.8. The number of sulfonamides is 1. The predicted molar refractivity (Wildman–Crippen MR) is 125 cm³/mol. The van der Waals surface area contributed by atoms with E-state index in [1.54, 1.807) is 6.07 Å². The van der Waals surface area contributed by atoms with Gasteiger partial charge in [-0.1, -0.05) is 45.0 Å². The highest BCUT2D eigenvalue weighted by Gasteiger charge is 2.27. The molecular formula is C24H32N2O5S. The Labute approximate surface area is 190 Å². The highest BCUT2D eigenvalue weighted by Crippen LogP contribution is 2.29. The normalized spacial score (nSPS) is 15.4. The first-order chi connectivity index (χ1) is 15.1. The summed E-state index contributed by atoms with van der Waals surface area (Å²) in [7, 11) is -2.19. The van der Waals surface area contributed by atoms with Crippen LogP contribution >= 0.6 is 0 Å². The van der Waals surface area contributed by atoms with Crippen molar-refractivity contribution < 1.29 is 22.7 Å². The fraction of sp³-hybridized carbons (Fsp3) is 0.458. The number of carbonyl (C=O) groups is 1. The molecule has 32 heavy (non-hydrogen) atoms. The maximum atomic E-state index is 13.0. The maximum absolute atomic E-state index is 13.0. The van der Waals surface area contributed by atoms with E-state index in [9.17, 15) is 13.2 Å². The lowest BCUT2D eigenvalue weighted by Gasteiger charge is -2.26. The van der Waals surface area contributed by atoms with E-state index in [4.69, 9.17) is 9.47 Å². The second kappa shape index (κ2) is 10.0.